The molecule has 1 fully saturated rings. The van der Waals surface area contributed by atoms with Gasteiger partial charge in [0, 0.05) is 19.0 Å². The van der Waals surface area contributed by atoms with Crippen LogP contribution in [0, 0.1) is 0 Å². The summed E-state index contributed by atoms with van der Waals surface area (Å²) >= 11 is 1.55. The molecule has 0 aliphatic carbocycles. The summed E-state index contributed by atoms with van der Waals surface area (Å²) < 4.78 is 5.30. The molecule has 1 aromatic carbocycles. The number of aliphatic carboxylic acids is 1. The molecule has 1 aliphatic heterocycles. The van der Waals surface area contributed by atoms with Crippen LogP contribution in [0.25, 0.3) is 0 Å². The van der Waals surface area contributed by atoms with Gasteiger partial charge < -0.3 is 15.2 Å². The van der Waals surface area contributed by atoms with Gasteiger partial charge in [-0.3, -0.25) is 9.59 Å². The lowest BCUT2D eigenvalue weighted by Crippen LogP contribution is -2.54. The quantitative estimate of drug-likeness (QED) is 0.799. The predicted octanol–water partition coefficient (Wildman–Crippen LogP) is 2.45. The smallest absolute Gasteiger partial charge is 0.305 e. The van der Waals surface area contributed by atoms with Crippen LogP contribution in [-0.2, 0) is 20.1 Å². The van der Waals surface area contributed by atoms with Crippen LogP contribution in [0.4, 0.5) is 0 Å². The van der Waals surface area contributed by atoms with Crippen LogP contribution in [0.15, 0.2) is 30.3 Å². The molecule has 1 saturated heterocycles. The zero-order valence-electron chi connectivity index (χ0n) is 13.3. The lowest BCUT2D eigenvalue weighted by molar-refractivity contribution is -0.140. The van der Waals surface area contributed by atoms with Crippen molar-refractivity contribution in [2.75, 3.05) is 13.2 Å². The molecule has 0 radical (unpaired) electrons. The van der Waals surface area contributed by atoms with Gasteiger partial charge in [0.25, 0.3) is 0 Å². The van der Waals surface area contributed by atoms with E-state index in [1.165, 1.54) is 5.56 Å². The molecule has 0 saturated carbocycles. The molecule has 0 spiro atoms. The molecule has 1 aromatic rings. The summed E-state index contributed by atoms with van der Waals surface area (Å²) in [4.78, 5) is 23.6. The molecule has 1 amide bonds. The summed E-state index contributed by atoms with van der Waals surface area (Å²) in [5.74, 6) is -0.240. The van der Waals surface area contributed by atoms with Crippen molar-refractivity contribution in [2.45, 2.75) is 42.7 Å². The number of carbonyl (C=O) groups is 2. The number of benzene rings is 1. The van der Waals surface area contributed by atoms with Gasteiger partial charge in [-0.05, 0) is 25.3 Å². The van der Waals surface area contributed by atoms with Gasteiger partial charge in [0.05, 0.1) is 17.2 Å². The monoisotopic (exact) mass is 337 g/mol. The Morgan fingerprint density at radius 3 is 2.57 bits per heavy atom. The third kappa shape index (κ3) is 5.55. The Bertz CT molecular complexity index is 529. The fourth-order valence-electron chi connectivity index (χ4n) is 2.63. The molecule has 0 aromatic heterocycles. The van der Waals surface area contributed by atoms with E-state index in [9.17, 15) is 9.59 Å². The Labute approximate surface area is 140 Å². The molecule has 1 unspecified atom stereocenters. The van der Waals surface area contributed by atoms with Gasteiger partial charge in [0.1, 0.15) is 0 Å². The number of hydrogen-bond acceptors (Lipinski definition) is 4. The number of amides is 1. The van der Waals surface area contributed by atoms with Gasteiger partial charge in [0.2, 0.25) is 5.91 Å². The molecule has 1 heterocycles. The van der Waals surface area contributed by atoms with Gasteiger partial charge in [-0.1, -0.05) is 30.3 Å². The Morgan fingerprint density at radius 1 is 1.30 bits per heavy atom. The summed E-state index contributed by atoms with van der Waals surface area (Å²) in [5, 5.41) is 11.9. The third-order valence-corrected chi connectivity index (χ3v) is 5.25. The number of carbonyl (C=O) groups excluding carboxylic acids is 1. The minimum absolute atomic E-state index is 0.0574. The Hall–Kier alpha value is -1.53. The molecule has 1 atom stereocenters. The third-order valence-electron chi connectivity index (χ3n) is 4.04. The predicted molar refractivity (Wildman–Crippen MR) is 90.4 cm³/mol. The fourth-order valence-corrected chi connectivity index (χ4v) is 3.48. The summed E-state index contributed by atoms with van der Waals surface area (Å²) in [7, 11) is 0. The standard InChI is InChI=1S/C17H23NO4S/c1-13(23-12-14-5-3-2-4-6-14)16(21)18-17(11-15(19)20)7-9-22-10-8-17/h2-6,13H,7-12H2,1H3,(H,18,21)(H,19,20). The molecule has 1 aliphatic rings. The van der Waals surface area contributed by atoms with E-state index in [0.717, 1.165) is 5.75 Å². The number of ether oxygens (including phenoxy) is 1. The number of thioether (sulfide) groups is 1. The van der Waals surface area contributed by atoms with Crippen molar-refractivity contribution < 1.29 is 19.4 Å². The van der Waals surface area contributed by atoms with Crippen LogP contribution in [-0.4, -0.2) is 41.0 Å². The average Bonchev–Trinajstić information content (AvgIpc) is 2.53. The largest absolute Gasteiger partial charge is 0.481 e. The van der Waals surface area contributed by atoms with Gasteiger partial charge in [0.15, 0.2) is 0 Å². The number of hydrogen-bond donors (Lipinski definition) is 2. The molecular formula is C17H23NO4S. The van der Waals surface area contributed by atoms with E-state index >= 15 is 0 Å². The minimum Gasteiger partial charge on any atom is -0.481 e. The van der Waals surface area contributed by atoms with Gasteiger partial charge in [-0.15, -0.1) is 11.8 Å². The summed E-state index contributed by atoms with van der Waals surface area (Å²) in [6.45, 7) is 2.83. The van der Waals surface area contributed by atoms with E-state index in [1.807, 2.05) is 37.3 Å². The maximum atomic E-state index is 12.5. The maximum Gasteiger partial charge on any atom is 0.305 e. The van der Waals surface area contributed by atoms with Crippen LogP contribution < -0.4 is 5.32 Å². The van der Waals surface area contributed by atoms with Gasteiger partial charge in [-0.25, -0.2) is 0 Å². The molecule has 2 N–H and O–H groups in total. The normalized spacial score (nSPS) is 18.1. The Kier molecular flexibility index (Phi) is 6.47. The highest BCUT2D eigenvalue weighted by atomic mass is 32.2. The second-order valence-corrected chi connectivity index (χ2v) is 7.22. The van der Waals surface area contributed by atoms with E-state index in [4.69, 9.17) is 9.84 Å². The highest BCUT2D eigenvalue weighted by molar-refractivity contribution is 7.99. The topological polar surface area (TPSA) is 75.6 Å². The first-order chi connectivity index (χ1) is 11.0. The summed E-state index contributed by atoms with van der Waals surface area (Å²) in [6, 6.07) is 9.98. The minimum atomic E-state index is -0.892. The molecule has 0 bridgehead atoms. The van der Waals surface area contributed by atoms with Gasteiger partial charge in [-0.2, -0.15) is 0 Å². The van der Waals surface area contributed by atoms with E-state index < -0.39 is 11.5 Å². The van der Waals surface area contributed by atoms with Crippen LogP contribution in [0.5, 0.6) is 0 Å². The fraction of sp³-hybridized carbons (Fsp3) is 0.529. The van der Waals surface area contributed by atoms with Crippen LogP contribution >= 0.6 is 11.8 Å². The zero-order chi connectivity index (χ0) is 16.7. The van der Waals surface area contributed by atoms with Crippen molar-refractivity contribution in [1.82, 2.24) is 5.32 Å². The SMILES string of the molecule is CC(SCc1ccccc1)C(=O)NC1(CC(=O)O)CCOCC1. The highest BCUT2D eigenvalue weighted by Crippen LogP contribution is 2.26. The summed E-state index contributed by atoms with van der Waals surface area (Å²) in [5.41, 5.74) is 0.492. The van der Waals surface area contributed by atoms with E-state index in [2.05, 4.69) is 5.32 Å². The van der Waals surface area contributed by atoms with Crippen LogP contribution in [0.2, 0.25) is 0 Å². The van der Waals surface area contributed by atoms with Crippen LogP contribution in [0.1, 0.15) is 31.7 Å². The lowest BCUT2D eigenvalue weighted by atomic mass is 9.86. The molecule has 6 heteroatoms. The second-order valence-electron chi connectivity index (χ2n) is 5.89. The number of rotatable bonds is 7. The maximum absolute atomic E-state index is 12.5. The number of carboxylic acids is 1. The number of carboxylic acid groups (broad SMARTS) is 1. The first kappa shape index (κ1) is 17.8. The van der Waals surface area contributed by atoms with E-state index in [0.29, 0.717) is 26.1 Å². The van der Waals surface area contributed by atoms with E-state index in [1.54, 1.807) is 11.8 Å². The molecular weight excluding hydrogens is 314 g/mol. The van der Waals surface area contributed by atoms with E-state index in [-0.39, 0.29) is 17.6 Å². The molecule has 2 rings (SSSR count). The zero-order valence-corrected chi connectivity index (χ0v) is 14.1. The van der Waals surface area contributed by atoms with Crippen LogP contribution in [0.3, 0.4) is 0 Å². The van der Waals surface area contributed by atoms with Crippen molar-refractivity contribution in [2.24, 2.45) is 0 Å². The Morgan fingerprint density at radius 2 is 1.96 bits per heavy atom. The van der Waals surface area contributed by atoms with Crippen molar-refractivity contribution in [3.63, 3.8) is 0 Å². The van der Waals surface area contributed by atoms with Crippen molar-refractivity contribution >= 4 is 23.6 Å². The lowest BCUT2D eigenvalue weighted by Gasteiger charge is -2.37. The second kappa shape index (κ2) is 8.36. The Balaban J connectivity index is 1.90. The van der Waals surface area contributed by atoms with Crippen molar-refractivity contribution in [1.29, 1.82) is 0 Å². The molecule has 126 valence electrons. The average molecular weight is 337 g/mol. The van der Waals surface area contributed by atoms with Gasteiger partial charge >= 0.3 is 5.97 Å². The molecule has 23 heavy (non-hydrogen) atoms. The molecule has 5 nitrogen and oxygen atoms in total. The highest BCUT2D eigenvalue weighted by Gasteiger charge is 2.37. The first-order valence-corrected chi connectivity index (χ1v) is 8.83. The van der Waals surface area contributed by atoms with Crippen molar-refractivity contribution in [3.05, 3.63) is 35.9 Å². The summed E-state index contributed by atoms with van der Waals surface area (Å²) in [6.07, 6.45) is 1.03. The first-order valence-electron chi connectivity index (χ1n) is 7.78. The number of nitrogens with one attached hydrogen (secondary N) is 1. The van der Waals surface area contributed by atoms with Crippen molar-refractivity contribution in [3.8, 4) is 0 Å².